The summed E-state index contributed by atoms with van der Waals surface area (Å²) >= 11 is 9.12. The first-order chi connectivity index (χ1) is 9.54. The van der Waals surface area contributed by atoms with E-state index in [9.17, 15) is 8.78 Å². The van der Waals surface area contributed by atoms with Crippen molar-refractivity contribution in [2.24, 2.45) is 0 Å². The van der Waals surface area contributed by atoms with E-state index in [1.54, 1.807) is 12.1 Å². The number of hydrogen-bond acceptors (Lipinski definition) is 2. The zero-order valence-corrected chi connectivity index (χ0v) is 12.4. The molecule has 0 bridgehead atoms. The second-order valence-electron chi connectivity index (χ2n) is 4.43. The van der Waals surface area contributed by atoms with Gasteiger partial charge in [-0.15, -0.1) is 0 Å². The van der Waals surface area contributed by atoms with Crippen molar-refractivity contribution in [3.05, 3.63) is 57.0 Å². The molecule has 0 saturated heterocycles. The largest absolute Gasteiger partial charge is 0.480 e. The summed E-state index contributed by atoms with van der Waals surface area (Å²) in [7, 11) is 0. The van der Waals surface area contributed by atoms with Gasteiger partial charge in [-0.1, -0.05) is 17.7 Å². The van der Waals surface area contributed by atoms with Crippen LogP contribution in [0.25, 0.3) is 0 Å². The number of anilines is 1. The fourth-order valence-corrected chi connectivity index (χ4v) is 2.74. The van der Waals surface area contributed by atoms with Crippen LogP contribution in [0.3, 0.4) is 0 Å². The second-order valence-corrected chi connectivity index (χ2v) is 5.69. The van der Waals surface area contributed by atoms with E-state index < -0.39 is 5.82 Å². The molecule has 1 heterocycles. The van der Waals surface area contributed by atoms with Crippen LogP contribution in [0, 0.1) is 11.6 Å². The molecule has 1 unspecified atom stereocenters. The fraction of sp³-hybridized carbons (Fsp3) is 0.143. The molecule has 0 saturated carbocycles. The zero-order chi connectivity index (χ0) is 14.3. The molecule has 0 amide bonds. The summed E-state index contributed by atoms with van der Waals surface area (Å²) in [5.41, 5.74) is 1.32. The molecular formula is C14H9BrClF2NO. The molecule has 2 aromatic carbocycles. The Labute approximate surface area is 127 Å². The summed E-state index contributed by atoms with van der Waals surface area (Å²) < 4.78 is 32.7. The van der Waals surface area contributed by atoms with Gasteiger partial charge in [-0.2, -0.15) is 0 Å². The lowest BCUT2D eigenvalue weighted by molar-refractivity contribution is 0.210. The van der Waals surface area contributed by atoms with Crippen molar-refractivity contribution in [3.63, 3.8) is 0 Å². The average molecular weight is 361 g/mol. The Morgan fingerprint density at radius 1 is 1.25 bits per heavy atom. The van der Waals surface area contributed by atoms with Crippen LogP contribution in [-0.2, 0) is 0 Å². The molecule has 1 atom stereocenters. The second kappa shape index (κ2) is 5.22. The smallest absolute Gasteiger partial charge is 0.162 e. The molecule has 3 rings (SSSR count). The Balaban J connectivity index is 1.93. The minimum absolute atomic E-state index is 0.207. The van der Waals surface area contributed by atoms with Crippen molar-refractivity contribution < 1.29 is 13.5 Å². The SMILES string of the molecule is Fc1cc(Cl)c2c(c1)NCC(c1ccc(F)c(Br)c1)O2. The third kappa shape index (κ3) is 2.47. The Morgan fingerprint density at radius 2 is 2.05 bits per heavy atom. The van der Waals surface area contributed by atoms with Gasteiger partial charge >= 0.3 is 0 Å². The number of rotatable bonds is 1. The monoisotopic (exact) mass is 359 g/mol. The standard InChI is InChI=1S/C14H9BrClF2NO/c15-9-3-7(1-2-11(9)18)13-6-19-12-5-8(17)4-10(16)14(12)20-13/h1-5,13,19H,6H2. The van der Waals surface area contributed by atoms with E-state index in [2.05, 4.69) is 21.2 Å². The van der Waals surface area contributed by atoms with Gasteiger partial charge in [0.2, 0.25) is 0 Å². The van der Waals surface area contributed by atoms with E-state index >= 15 is 0 Å². The number of nitrogens with one attached hydrogen (secondary N) is 1. The normalized spacial score (nSPS) is 17.1. The highest BCUT2D eigenvalue weighted by atomic mass is 79.9. The van der Waals surface area contributed by atoms with Crippen LogP contribution in [0.4, 0.5) is 14.5 Å². The van der Waals surface area contributed by atoms with Crippen LogP contribution in [0.1, 0.15) is 11.7 Å². The predicted molar refractivity (Wildman–Crippen MR) is 77.4 cm³/mol. The lowest BCUT2D eigenvalue weighted by Crippen LogP contribution is -2.24. The molecule has 1 N–H and O–H groups in total. The molecule has 1 aliphatic rings. The Bertz CT molecular complexity index is 680. The third-order valence-corrected chi connectivity index (χ3v) is 3.95. The van der Waals surface area contributed by atoms with Crippen molar-refractivity contribution >= 4 is 33.2 Å². The summed E-state index contributed by atoms with van der Waals surface area (Å²) in [5.74, 6) is -0.351. The van der Waals surface area contributed by atoms with Gasteiger partial charge in [-0.25, -0.2) is 8.78 Å². The molecule has 0 radical (unpaired) electrons. The Hall–Kier alpha value is -1.33. The highest BCUT2D eigenvalue weighted by Gasteiger charge is 2.24. The van der Waals surface area contributed by atoms with Crippen LogP contribution in [0.15, 0.2) is 34.8 Å². The summed E-state index contributed by atoms with van der Waals surface area (Å²) in [6.07, 6.45) is -0.317. The lowest BCUT2D eigenvalue weighted by atomic mass is 10.1. The molecule has 0 aromatic heterocycles. The molecule has 2 aromatic rings. The van der Waals surface area contributed by atoms with Crippen LogP contribution in [0.5, 0.6) is 5.75 Å². The summed E-state index contributed by atoms with van der Waals surface area (Å²) in [5, 5.41) is 3.28. The molecule has 0 fully saturated rings. The van der Waals surface area contributed by atoms with Gasteiger partial charge in [0.15, 0.2) is 5.75 Å². The number of benzene rings is 2. The molecule has 20 heavy (non-hydrogen) atoms. The topological polar surface area (TPSA) is 21.3 Å². The molecule has 104 valence electrons. The molecule has 1 aliphatic heterocycles. The van der Waals surface area contributed by atoms with E-state index in [4.69, 9.17) is 16.3 Å². The van der Waals surface area contributed by atoms with E-state index in [1.165, 1.54) is 18.2 Å². The quantitative estimate of drug-likeness (QED) is 0.779. The maximum absolute atomic E-state index is 13.2. The molecule has 0 aliphatic carbocycles. The average Bonchev–Trinajstić information content (AvgIpc) is 2.41. The van der Waals surface area contributed by atoms with Crippen molar-refractivity contribution in [2.75, 3.05) is 11.9 Å². The van der Waals surface area contributed by atoms with Gasteiger partial charge in [-0.05, 0) is 39.7 Å². The molecule has 2 nitrogen and oxygen atoms in total. The first-order valence-corrected chi connectivity index (χ1v) is 7.06. The number of halogens is 4. The maximum atomic E-state index is 13.2. The highest BCUT2D eigenvalue weighted by molar-refractivity contribution is 9.10. The van der Waals surface area contributed by atoms with Crippen molar-refractivity contribution in [1.29, 1.82) is 0 Å². The first-order valence-electron chi connectivity index (χ1n) is 5.89. The van der Waals surface area contributed by atoms with E-state index in [0.717, 1.165) is 5.56 Å². The van der Waals surface area contributed by atoms with Gasteiger partial charge in [0.25, 0.3) is 0 Å². The van der Waals surface area contributed by atoms with Crippen molar-refractivity contribution in [1.82, 2.24) is 0 Å². The maximum Gasteiger partial charge on any atom is 0.162 e. The summed E-state index contributed by atoms with van der Waals surface area (Å²) in [4.78, 5) is 0. The molecular weight excluding hydrogens is 352 g/mol. The molecule has 0 spiro atoms. The lowest BCUT2D eigenvalue weighted by Gasteiger charge is -2.28. The Morgan fingerprint density at radius 3 is 2.80 bits per heavy atom. The van der Waals surface area contributed by atoms with Gasteiger partial charge in [0.1, 0.15) is 17.7 Å². The third-order valence-electron chi connectivity index (χ3n) is 3.06. The number of ether oxygens (including phenoxy) is 1. The predicted octanol–water partition coefficient (Wildman–Crippen LogP) is 4.93. The van der Waals surface area contributed by atoms with Gasteiger partial charge in [0, 0.05) is 6.07 Å². The van der Waals surface area contributed by atoms with Gasteiger partial charge in [-0.3, -0.25) is 0 Å². The Kier molecular flexibility index (Phi) is 3.56. The zero-order valence-electron chi connectivity index (χ0n) is 10.1. The minimum atomic E-state index is -0.423. The fourth-order valence-electron chi connectivity index (χ4n) is 2.10. The van der Waals surface area contributed by atoms with Crippen LogP contribution < -0.4 is 10.1 Å². The summed E-state index contributed by atoms with van der Waals surface area (Å²) in [6.45, 7) is 0.449. The van der Waals surface area contributed by atoms with E-state index in [1.807, 2.05) is 0 Å². The van der Waals surface area contributed by atoms with Crippen LogP contribution in [-0.4, -0.2) is 6.54 Å². The van der Waals surface area contributed by atoms with E-state index in [0.29, 0.717) is 22.5 Å². The van der Waals surface area contributed by atoms with Gasteiger partial charge < -0.3 is 10.1 Å². The van der Waals surface area contributed by atoms with Crippen LogP contribution in [0.2, 0.25) is 5.02 Å². The van der Waals surface area contributed by atoms with Crippen molar-refractivity contribution in [3.8, 4) is 5.75 Å². The number of hydrogen-bond donors (Lipinski definition) is 1. The van der Waals surface area contributed by atoms with Crippen molar-refractivity contribution in [2.45, 2.75) is 6.10 Å². The first kappa shape index (κ1) is 13.6. The highest BCUT2D eigenvalue weighted by Crippen LogP contribution is 2.40. The van der Waals surface area contributed by atoms with Gasteiger partial charge in [0.05, 0.1) is 21.7 Å². The summed E-state index contributed by atoms with van der Waals surface area (Å²) in [6, 6.07) is 7.20. The minimum Gasteiger partial charge on any atom is -0.480 e. The van der Waals surface area contributed by atoms with E-state index in [-0.39, 0.29) is 16.9 Å². The molecule has 6 heteroatoms. The van der Waals surface area contributed by atoms with Crippen LogP contribution >= 0.6 is 27.5 Å². The number of fused-ring (bicyclic) bond motifs is 1.